The topological polar surface area (TPSA) is 148 Å². The summed E-state index contributed by atoms with van der Waals surface area (Å²) in [5.41, 5.74) is -1.94. The first-order valence-electron chi connectivity index (χ1n) is 13.1. The van der Waals surface area contributed by atoms with E-state index in [9.17, 15) is 32.7 Å². The fraction of sp³-hybridized carbons (Fsp3) is 0.778. The quantitative estimate of drug-likeness (QED) is 0.304. The maximum absolute atomic E-state index is 13.7. The van der Waals surface area contributed by atoms with E-state index in [1.165, 1.54) is 6.92 Å². The maximum atomic E-state index is 13.7. The molecule has 1 aliphatic rings. The molecule has 12 heteroatoms. The number of carbonyl (C=O) groups is 4. The molecule has 224 valence electrons. The van der Waals surface area contributed by atoms with E-state index < -0.39 is 74.1 Å². The molecule has 11 nitrogen and oxygen atoms in total. The van der Waals surface area contributed by atoms with Crippen LogP contribution in [0.2, 0.25) is 0 Å². The van der Waals surface area contributed by atoms with Crippen LogP contribution in [0.15, 0.2) is 12.7 Å². The summed E-state index contributed by atoms with van der Waals surface area (Å²) in [5, 5.41) is 8.28. The molecule has 0 bridgehead atoms. The third-order valence-corrected chi connectivity index (χ3v) is 8.48. The van der Waals surface area contributed by atoms with Gasteiger partial charge in [0.05, 0.1) is 11.7 Å². The molecule has 39 heavy (non-hydrogen) atoms. The monoisotopic (exact) mass is 574 g/mol. The highest BCUT2D eigenvalue weighted by molar-refractivity contribution is 7.92. The van der Waals surface area contributed by atoms with E-state index in [1.54, 1.807) is 66.4 Å². The number of rotatable bonds is 10. The van der Waals surface area contributed by atoms with Gasteiger partial charge in [-0.1, -0.05) is 19.9 Å². The average Bonchev–Trinajstić information content (AvgIpc) is 3.14. The first kappa shape index (κ1) is 34.6. The molecule has 2 amide bonds. The van der Waals surface area contributed by atoms with Crippen LogP contribution in [0, 0.1) is 17.8 Å². The number of hydrogen-bond acceptors (Lipinski definition) is 9. The number of nitrogens with zero attached hydrogens (tertiary/aromatic N) is 2. The third-order valence-electron chi connectivity index (χ3n) is 6.40. The van der Waals surface area contributed by atoms with E-state index in [0.717, 1.165) is 6.92 Å². The molecule has 0 aromatic carbocycles. The number of carbonyl (C=O) groups excluding carboxylic acids is 3. The van der Waals surface area contributed by atoms with Crippen molar-refractivity contribution in [3.8, 4) is 0 Å². The second kappa shape index (κ2) is 12.8. The van der Waals surface area contributed by atoms with Gasteiger partial charge in [0, 0.05) is 19.5 Å². The Bertz CT molecular complexity index is 1040. The minimum Gasteiger partial charge on any atom is -0.480 e. The number of carboxylic acid groups (broad SMARTS) is 1. The van der Waals surface area contributed by atoms with E-state index >= 15 is 0 Å². The summed E-state index contributed by atoms with van der Waals surface area (Å²) in [4.78, 5) is 53.1. The van der Waals surface area contributed by atoms with Gasteiger partial charge in [0.1, 0.15) is 22.6 Å². The third kappa shape index (κ3) is 9.59. The Hall–Kier alpha value is -2.47. The van der Waals surface area contributed by atoms with Crippen LogP contribution < -0.4 is 0 Å². The number of esters is 1. The normalized spacial score (nSPS) is 21.1. The first-order valence-corrected chi connectivity index (χ1v) is 14.8. The summed E-state index contributed by atoms with van der Waals surface area (Å²) in [7, 11) is -4.36. The van der Waals surface area contributed by atoms with Crippen molar-refractivity contribution < 1.29 is 42.2 Å². The highest BCUT2D eigenvalue weighted by Crippen LogP contribution is 2.34. The molecule has 0 spiro atoms. The fourth-order valence-electron chi connectivity index (χ4n) is 4.79. The van der Waals surface area contributed by atoms with Crippen LogP contribution in [0.4, 0.5) is 4.79 Å². The summed E-state index contributed by atoms with van der Waals surface area (Å²) < 4.78 is 38.4. The van der Waals surface area contributed by atoms with Crippen molar-refractivity contribution in [2.75, 3.05) is 12.3 Å². The second-order valence-corrected chi connectivity index (χ2v) is 14.8. The first-order chi connectivity index (χ1) is 17.5. The van der Waals surface area contributed by atoms with Crippen LogP contribution in [0.25, 0.3) is 0 Å². The standard InChI is InChI=1S/C27H46N2O9S/c1-12-19-13-21(23(31)32)28(14-19)22(16(2)3)20(24(33)37-26(6,7)8)15-39(35,36)18(5)29(17(4)30)25(34)38-27(9,10)11/h12,16,18-22H,1,13-15H2,2-11H3,(H,31,32)/t18?,19?,20-,21?,22?/m1/s1. The summed E-state index contributed by atoms with van der Waals surface area (Å²) in [6.45, 7) is 19.5. The average molecular weight is 575 g/mol. The molecule has 5 atom stereocenters. The molecule has 0 radical (unpaired) electrons. The molecular weight excluding hydrogens is 528 g/mol. The van der Waals surface area contributed by atoms with Crippen LogP contribution in [-0.2, 0) is 33.7 Å². The molecule has 4 unspecified atom stereocenters. The van der Waals surface area contributed by atoms with Gasteiger partial charge >= 0.3 is 18.0 Å². The van der Waals surface area contributed by atoms with E-state index in [4.69, 9.17) is 9.47 Å². The molecule has 0 aromatic heterocycles. The van der Waals surface area contributed by atoms with Crippen LogP contribution >= 0.6 is 0 Å². The molecule has 1 heterocycles. The van der Waals surface area contributed by atoms with Crippen molar-refractivity contribution in [1.82, 2.24) is 9.80 Å². The molecule has 0 saturated carbocycles. The number of amides is 2. The Morgan fingerprint density at radius 1 is 1.05 bits per heavy atom. The number of sulfone groups is 1. The van der Waals surface area contributed by atoms with Gasteiger partial charge in [0.25, 0.3) is 0 Å². The van der Waals surface area contributed by atoms with Gasteiger partial charge in [-0.25, -0.2) is 18.1 Å². The van der Waals surface area contributed by atoms with E-state index in [2.05, 4.69) is 6.58 Å². The lowest BCUT2D eigenvalue weighted by molar-refractivity contribution is -0.164. The highest BCUT2D eigenvalue weighted by atomic mass is 32.2. The van der Waals surface area contributed by atoms with Gasteiger partial charge in [0.15, 0.2) is 9.84 Å². The van der Waals surface area contributed by atoms with Crippen LogP contribution in [-0.4, -0.2) is 88.2 Å². The Morgan fingerprint density at radius 2 is 1.56 bits per heavy atom. The number of likely N-dealkylation sites (tertiary alicyclic amines) is 1. The molecule has 1 N–H and O–H groups in total. The van der Waals surface area contributed by atoms with E-state index in [1.807, 2.05) is 0 Å². The number of imide groups is 1. The van der Waals surface area contributed by atoms with Gasteiger partial charge < -0.3 is 14.6 Å². The summed E-state index contributed by atoms with van der Waals surface area (Å²) in [6.07, 6.45) is 0.794. The lowest BCUT2D eigenvalue weighted by Crippen LogP contribution is -2.55. The Kier molecular flexibility index (Phi) is 11.3. The lowest BCUT2D eigenvalue weighted by Gasteiger charge is -2.40. The number of ether oxygens (including phenoxy) is 2. The predicted octanol–water partition coefficient (Wildman–Crippen LogP) is 3.47. The molecule has 1 fully saturated rings. The minimum atomic E-state index is -4.36. The van der Waals surface area contributed by atoms with Gasteiger partial charge in [-0.05, 0) is 66.7 Å². The van der Waals surface area contributed by atoms with E-state index in [0.29, 0.717) is 4.90 Å². The van der Waals surface area contributed by atoms with Gasteiger partial charge in [-0.15, -0.1) is 6.58 Å². The van der Waals surface area contributed by atoms with Crippen molar-refractivity contribution in [2.24, 2.45) is 17.8 Å². The Morgan fingerprint density at radius 3 is 1.95 bits per heavy atom. The number of carboxylic acids is 1. The molecule has 1 rings (SSSR count). The van der Waals surface area contributed by atoms with Crippen LogP contribution in [0.3, 0.4) is 0 Å². The van der Waals surface area contributed by atoms with Gasteiger partial charge in [0.2, 0.25) is 5.91 Å². The van der Waals surface area contributed by atoms with E-state index in [-0.39, 0.29) is 24.8 Å². The zero-order valence-corrected chi connectivity index (χ0v) is 25.7. The van der Waals surface area contributed by atoms with Crippen LogP contribution in [0.5, 0.6) is 0 Å². The molecule has 1 aliphatic heterocycles. The lowest BCUT2D eigenvalue weighted by atomic mass is 9.89. The van der Waals surface area contributed by atoms with Gasteiger partial charge in [-0.3, -0.25) is 19.3 Å². The summed E-state index contributed by atoms with van der Waals surface area (Å²) >= 11 is 0. The SMILES string of the molecule is C=CC1CC(C(=O)O)N(C(C(C)C)[C@@H](CS(=O)(=O)C(C)N(C(C)=O)C(=O)OC(C)(C)C)C(=O)OC(C)(C)C)C1. The Balaban J connectivity index is 3.61. The van der Waals surface area contributed by atoms with Gasteiger partial charge in [-0.2, -0.15) is 0 Å². The van der Waals surface area contributed by atoms with Crippen molar-refractivity contribution >= 4 is 33.8 Å². The molecule has 1 saturated heterocycles. The zero-order valence-electron chi connectivity index (χ0n) is 24.9. The Labute approximate surface area is 232 Å². The molecule has 0 aromatic rings. The maximum Gasteiger partial charge on any atom is 0.418 e. The summed E-state index contributed by atoms with van der Waals surface area (Å²) in [5.74, 6) is -5.34. The fourth-order valence-corrected chi connectivity index (χ4v) is 6.46. The largest absolute Gasteiger partial charge is 0.480 e. The molecular formula is C27H46N2O9S. The van der Waals surface area contributed by atoms with Crippen molar-refractivity contribution in [1.29, 1.82) is 0 Å². The second-order valence-electron chi connectivity index (χ2n) is 12.5. The van der Waals surface area contributed by atoms with Crippen molar-refractivity contribution in [3.05, 3.63) is 12.7 Å². The predicted molar refractivity (Wildman–Crippen MR) is 146 cm³/mol. The van der Waals surface area contributed by atoms with Crippen molar-refractivity contribution in [3.63, 3.8) is 0 Å². The zero-order chi connectivity index (χ0) is 30.7. The smallest absolute Gasteiger partial charge is 0.418 e. The van der Waals surface area contributed by atoms with Crippen molar-refractivity contribution in [2.45, 2.75) is 104 Å². The minimum absolute atomic E-state index is 0.164. The summed E-state index contributed by atoms with van der Waals surface area (Å²) in [6, 6.07) is -1.79. The van der Waals surface area contributed by atoms with Crippen LogP contribution in [0.1, 0.15) is 75.7 Å². The molecule has 0 aliphatic carbocycles. The number of aliphatic carboxylic acids is 1. The highest BCUT2D eigenvalue weighted by Gasteiger charge is 2.49. The number of hydrogen-bond donors (Lipinski definition) is 1.